The molecule has 1 saturated heterocycles. The van der Waals surface area contributed by atoms with E-state index in [1.807, 2.05) is 12.1 Å². The van der Waals surface area contributed by atoms with Gasteiger partial charge in [0, 0.05) is 30.6 Å². The molecule has 0 atom stereocenters. The fourth-order valence-corrected chi connectivity index (χ4v) is 3.65. The molecule has 0 spiro atoms. The summed E-state index contributed by atoms with van der Waals surface area (Å²) in [5, 5.41) is 10.4. The topological polar surface area (TPSA) is 104 Å². The maximum atomic E-state index is 13.7. The molecule has 0 aliphatic carbocycles. The number of ether oxygens (including phenoxy) is 2. The molecule has 3 N–H and O–H groups in total. The smallest absolute Gasteiger partial charge is 0.256 e. The summed E-state index contributed by atoms with van der Waals surface area (Å²) in [5.74, 6) is -0.106. The number of nitrogens with two attached hydrogens (primary N) is 1. The van der Waals surface area contributed by atoms with E-state index in [0.29, 0.717) is 54.3 Å². The Bertz CT molecular complexity index is 1180. The van der Waals surface area contributed by atoms with E-state index in [1.165, 1.54) is 18.2 Å². The first-order chi connectivity index (χ1) is 14.6. The highest BCUT2D eigenvalue weighted by Gasteiger charge is 2.19. The van der Waals surface area contributed by atoms with E-state index in [1.54, 1.807) is 6.07 Å². The van der Waals surface area contributed by atoms with Crippen molar-refractivity contribution in [3.63, 3.8) is 0 Å². The van der Waals surface area contributed by atoms with Gasteiger partial charge in [0.1, 0.15) is 18.5 Å². The number of pyridine rings is 1. The van der Waals surface area contributed by atoms with Crippen LogP contribution in [0.2, 0.25) is 0 Å². The molecule has 1 aliphatic heterocycles. The van der Waals surface area contributed by atoms with Crippen molar-refractivity contribution in [1.82, 2.24) is 4.98 Å². The number of halogens is 1. The fraction of sp³-hybridized carbons (Fsp3) is 0.273. The Morgan fingerprint density at radius 3 is 2.73 bits per heavy atom. The molecule has 0 bridgehead atoms. The molecule has 4 rings (SSSR count). The number of nitrogens with one attached hydrogen (secondary N) is 1. The van der Waals surface area contributed by atoms with Gasteiger partial charge >= 0.3 is 0 Å². The first-order valence-corrected chi connectivity index (χ1v) is 9.68. The standard InChI is InChI=1S/C22H21FN4O3/c23-16-2-3-17-18(12-16)22(28)26-20(21(17)30-8-5-24)14-1-4-19(15(11-14)13-25)27-6-9-29-10-7-27/h1-4,11-12H,5-10,24H2,(H,26,28). The summed E-state index contributed by atoms with van der Waals surface area (Å²) in [6.07, 6.45) is 0. The molecule has 1 aromatic heterocycles. The third-order valence-electron chi connectivity index (χ3n) is 5.06. The van der Waals surface area contributed by atoms with Gasteiger partial charge in [-0.05, 0) is 30.3 Å². The second kappa shape index (κ2) is 8.53. The molecule has 2 aromatic carbocycles. The summed E-state index contributed by atoms with van der Waals surface area (Å²) in [7, 11) is 0. The molecule has 8 heteroatoms. The highest BCUT2D eigenvalue weighted by molar-refractivity contribution is 5.93. The van der Waals surface area contributed by atoms with E-state index < -0.39 is 11.4 Å². The minimum absolute atomic E-state index is 0.191. The van der Waals surface area contributed by atoms with Crippen molar-refractivity contribution >= 4 is 16.5 Å². The fourth-order valence-electron chi connectivity index (χ4n) is 3.65. The summed E-state index contributed by atoms with van der Waals surface area (Å²) < 4.78 is 24.9. The molecule has 3 aromatic rings. The summed E-state index contributed by atoms with van der Waals surface area (Å²) in [6, 6.07) is 11.6. The predicted octanol–water partition coefficient (Wildman–Crippen LogP) is 2.38. The number of fused-ring (bicyclic) bond motifs is 1. The van der Waals surface area contributed by atoms with Crippen molar-refractivity contribution in [3.8, 4) is 23.1 Å². The van der Waals surface area contributed by atoms with Crippen LogP contribution in [0.4, 0.5) is 10.1 Å². The van der Waals surface area contributed by atoms with Gasteiger partial charge in [0.2, 0.25) is 0 Å². The van der Waals surface area contributed by atoms with E-state index in [-0.39, 0.29) is 18.5 Å². The number of morpholine rings is 1. The molecular weight excluding hydrogens is 387 g/mol. The van der Waals surface area contributed by atoms with Crippen LogP contribution in [0.3, 0.4) is 0 Å². The highest BCUT2D eigenvalue weighted by atomic mass is 19.1. The first-order valence-electron chi connectivity index (χ1n) is 9.68. The van der Waals surface area contributed by atoms with Gasteiger partial charge in [0.25, 0.3) is 5.56 Å². The van der Waals surface area contributed by atoms with Gasteiger partial charge in [0.05, 0.1) is 35.5 Å². The van der Waals surface area contributed by atoms with E-state index in [9.17, 15) is 14.4 Å². The Labute approximate surface area is 172 Å². The van der Waals surface area contributed by atoms with Crippen molar-refractivity contribution in [3.05, 3.63) is 58.1 Å². The van der Waals surface area contributed by atoms with Gasteiger partial charge in [-0.25, -0.2) is 4.39 Å². The third kappa shape index (κ3) is 3.73. The molecule has 30 heavy (non-hydrogen) atoms. The Kier molecular flexibility index (Phi) is 5.65. The zero-order chi connectivity index (χ0) is 21.1. The Morgan fingerprint density at radius 1 is 1.20 bits per heavy atom. The second-order valence-electron chi connectivity index (χ2n) is 6.93. The van der Waals surface area contributed by atoms with E-state index >= 15 is 0 Å². The number of aromatic nitrogens is 1. The molecule has 2 heterocycles. The lowest BCUT2D eigenvalue weighted by Gasteiger charge is -2.29. The van der Waals surface area contributed by atoms with Crippen LogP contribution in [0.1, 0.15) is 5.56 Å². The van der Waals surface area contributed by atoms with Crippen LogP contribution in [-0.2, 0) is 4.74 Å². The third-order valence-corrected chi connectivity index (χ3v) is 5.06. The number of nitrogens with zero attached hydrogens (tertiary/aromatic N) is 2. The lowest BCUT2D eigenvalue weighted by molar-refractivity contribution is 0.122. The van der Waals surface area contributed by atoms with Crippen molar-refractivity contribution < 1.29 is 13.9 Å². The van der Waals surface area contributed by atoms with Gasteiger partial charge in [-0.3, -0.25) is 4.79 Å². The van der Waals surface area contributed by atoms with Crippen LogP contribution < -0.4 is 20.9 Å². The van der Waals surface area contributed by atoms with Crippen LogP contribution in [-0.4, -0.2) is 44.4 Å². The van der Waals surface area contributed by atoms with Gasteiger partial charge in [-0.2, -0.15) is 5.26 Å². The number of rotatable bonds is 5. The number of benzene rings is 2. The van der Waals surface area contributed by atoms with Gasteiger partial charge in [0.15, 0.2) is 5.75 Å². The number of anilines is 1. The summed E-state index contributed by atoms with van der Waals surface area (Å²) in [5.41, 5.74) is 7.52. The molecule has 1 aliphatic rings. The minimum atomic E-state index is -0.507. The molecule has 154 valence electrons. The Morgan fingerprint density at radius 2 is 2.00 bits per heavy atom. The van der Waals surface area contributed by atoms with Gasteiger partial charge < -0.3 is 25.1 Å². The molecule has 7 nitrogen and oxygen atoms in total. The zero-order valence-corrected chi connectivity index (χ0v) is 16.3. The lowest BCUT2D eigenvalue weighted by atomic mass is 10.0. The van der Waals surface area contributed by atoms with Crippen LogP contribution in [0.5, 0.6) is 5.75 Å². The first kappa shape index (κ1) is 19.9. The molecule has 0 saturated carbocycles. The molecule has 0 radical (unpaired) electrons. The maximum Gasteiger partial charge on any atom is 0.256 e. The summed E-state index contributed by atoms with van der Waals surface area (Å²) in [6.45, 7) is 3.13. The number of hydrogen-bond acceptors (Lipinski definition) is 6. The minimum Gasteiger partial charge on any atom is -0.489 e. The van der Waals surface area contributed by atoms with Crippen LogP contribution in [0.15, 0.2) is 41.2 Å². The van der Waals surface area contributed by atoms with Crippen LogP contribution in [0.25, 0.3) is 22.0 Å². The highest BCUT2D eigenvalue weighted by Crippen LogP contribution is 2.36. The molecule has 0 unspecified atom stereocenters. The quantitative estimate of drug-likeness (QED) is 0.672. The number of hydrogen-bond donors (Lipinski definition) is 2. The average molecular weight is 408 g/mol. The lowest BCUT2D eigenvalue weighted by Crippen LogP contribution is -2.36. The SMILES string of the molecule is N#Cc1cc(-c2[nH]c(=O)c3cc(F)ccc3c2OCCN)ccc1N1CCOCC1. The zero-order valence-electron chi connectivity index (χ0n) is 16.3. The Balaban J connectivity index is 1.87. The predicted molar refractivity (Wildman–Crippen MR) is 112 cm³/mol. The van der Waals surface area contributed by atoms with Crippen LogP contribution >= 0.6 is 0 Å². The maximum absolute atomic E-state index is 13.7. The van der Waals surface area contributed by atoms with E-state index in [2.05, 4.69) is 16.0 Å². The number of nitriles is 1. The van der Waals surface area contributed by atoms with Crippen LogP contribution in [0, 0.1) is 17.1 Å². The molecule has 1 fully saturated rings. The van der Waals surface area contributed by atoms with Gasteiger partial charge in [-0.1, -0.05) is 6.07 Å². The van der Waals surface area contributed by atoms with E-state index in [0.717, 1.165) is 5.69 Å². The van der Waals surface area contributed by atoms with Crippen molar-refractivity contribution in [2.75, 3.05) is 44.4 Å². The van der Waals surface area contributed by atoms with Gasteiger partial charge in [-0.15, -0.1) is 0 Å². The summed E-state index contributed by atoms with van der Waals surface area (Å²) >= 11 is 0. The van der Waals surface area contributed by atoms with E-state index in [4.69, 9.17) is 15.2 Å². The van der Waals surface area contributed by atoms with Crippen molar-refractivity contribution in [1.29, 1.82) is 5.26 Å². The molecule has 0 amide bonds. The summed E-state index contributed by atoms with van der Waals surface area (Å²) in [4.78, 5) is 17.5. The largest absolute Gasteiger partial charge is 0.489 e. The van der Waals surface area contributed by atoms with Crippen molar-refractivity contribution in [2.45, 2.75) is 0 Å². The monoisotopic (exact) mass is 408 g/mol. The van der Waals surface area contributed by atoms with Crippen molar-refractivity contribution in [2.24, 2.45) is 5.73 Å². The number of aromatic amines is 1. The average Bonchev–Trinajstić information content (AvgIpc) is 2.78. The normalized spacial score (nSPS) is 14.0. The Hall–Kier alpha value is -3.41. The second-order valence-corrected chi connectivity index (χ2v) is 6.93. The number of H-pyrrole nitrogens is 1. The molecular formula is C22H21FN4O3.